The van der Waals surface area contributed by atoms with E-state index in [2.05, 4.69) is 5.32 Å². The van der Waals surface area contributed by atoms with E-state index in [1.807, 2.05) is 24.3 Å². The van der Waals surface area contributed by atoms with Crippen molar-refractivity contribution in [2.45, 2.75) is 18.9 Å². The van der Waals surface area contributed by atoms with Gasteiger partial charge in [0.15, 0.2) is 6.61 Å². The van der Waals surface area contributed by atoms with Crippen molar-refractivity contribution in [1.82, 2.24) is 0 Å². The number of nitrogens with two attached hydrogens (primary N) is 1. The summed E-state index contributed by atoms with van der Waals surface area (Å²) in [4.78, 5) is 10.6. The molecule has 0 fully saturated rings. The van der Waals surface area contributed by atoms with Crippen molar-refractivity contribution >= 4 is 11.6 Å². The van der Waals surface area contributed by atoms with Gasteiger partial charge in [0.1, 0.15) is 11.9 Å². The molecule has 102 valence electrons. The van der Waals surface area contributed by atoms with Crippen molar-refractivity contribution in [1.29, 1.82) is 0 Å². The highest BCUT2D eigenvalue weighted by Crippen LogP contribution is 2.18. The number of hydrogen-bond acceptors (Lipinski definition) is 4. The third-order valence-corrected chi connectivity index (χ3v) is 2.77. The number of nitrogens with one attached hydrogen (secondary N) is 1. The minimum atomic E-state index is -0.485. The molecule has 0 spiro atoms. The zero-order valence-electron chi connectivity index (χ0n) is 10.7. The Bertz CT molecular complexity index is 460. The molecule has 0 aliphatic carbocycles. The van der Waals surface area contributed by atoms with Crippen LogP contribution in [0.1, 0.15) is 12.8 Å². The Hall–Kier alpha value is -2.17. The zero-order valence-corrected chi connectivity index (χ0v) is 10.7. The second kappa shape index (κ2) is 6.68. The first-order valence-electron chi connectivity index (χ1n) is 6.29. The van der Waals surface area contributed by atoms with Crippen molar-refractivity contribution in [2.24, 2.45) is 5.73 Å². The molecule has 5 nitrogen and oxygen atoms in total. The van der Waals surface area contributed by atoms with Crippen molar-refractivity contribution in [3.8, 4) is 5.75 Å². The first-order valence-corrected chi connectivity index (χ1v) is 6.29. The predicted molar refractivity (Wildman–Crippen MR) is 72.9 cm³/mol. The van der Waals surface area contributed by atoms with E-state index < -0.39 is 5.91 Å². The third kappa shape index (κ3) is 4.54. The average Bonchev–Trinajstić information content (AvgIpc) is 2.44. The summed E-state index contributed by atoms with van der Waals surface area (Å²) < 4.78 is 10.7. The Balaban J connectivity index is 1.84. The highest BCUT2D eigenvalue weighted by molar-refractivity contribution is 5.75. The first kappa shape index (κ1) is 13.3. The highest BCUT2D eigenvalue weighted by atomic mass is 16.5. The van der Waals surface area contributed by atoms with Gasteiger partial charge in [0, 0.05) is 11.8 Å². The van der Waals surface area contributed by atoms with Gasteiger partial charge in [0.2, 0.25) is 0 Å². The van der Waals surface area contributed by atoms with E-state index >= 15 is 0 Å². The Morgan fingerprint density at radius 1 is 1.53 bits per heavy atom. The molecule has 0 aromatic heterocycles. The van der Waals surface area contributed by atoms with Crippen molar-refractivity contribution in [3.05, 3.63) is 36.6 Å². The first-order chi connectivity index (χ1) is 9.24. The molecule has 3 N–H and O–H groups in total. The summed E-state index contributed by atoms with van der Waals surface area (Å²) in [5, 5.41) is 3.29. The summed E-state index contributed by atoms with van der Waals surface area (Å²) in [6, 6.07) is 7.42. The molecule has 0 radical (unpaired) electrons. The topological polar surface area (TPSA) is 73.6 Å². The molecule has 2 rings (SSSR count). The zero-order chi connectivity index (χ0) is 13.5. The SMILES string of the molecule is NC(=O)COc1cccc(NCC2CCC=CO2)c1. The van der Waals surface area contributed by atoms with Crippen LogP contribution in [0.5, 0.6) is 5.75 Å². The van der Waals surface area contributed by atoms with E-state index in [-0.39, 0.29) is 12.7 Å². The molecule has 1 aliphatic heterocycles. The maximum atomic E-state index is 10.6. The van der Waals surface area contributed by atoms with Gasteiger partial charge in [-0.25, -0.2) is 0 Å². The molecule has 19 heavy (non-hydrogen) atoms. The fraction of sp³-hybridized carbons (Fsp3) is 0.357. The second-order valence-electron chi connectivity index (χ2n) is 4.37. The van der Waals surface area contributed by atoms with E-state index in [0.29, 0.717) is 5.75 Å². The molecule has 1 amide bonds. The van der Waals surface area contributed by atoms with Crippen LogP contribution in [0.2, 0.25) is 0 Å². The lowest BCUT2D eigenvalue weighted by Crippen LogP contribution is -2.23. The van der Waals surface area contributed by atoms with Crippen LogP contribution in [0, 0.1) is 0 Å². The number of hydrogen-bond donors (Lipinski definition) is 2. The monoisotopic (exact) mass is 262 g/mol. The largest absolute Gasteiger partial charge is 0.497 e. The van der Waals surface area contributed by atoms with Crippen molar-refractivity contribution in [3.63, 3.8) is 0 Å². The summed E-state index contributed by atoms with van der Waals surface area (Å²) in [6.45, 7) is 0.629. The maximum absolute atomic E-state index is 10.6. The minimum absolute atomic E-state index is 0.111. The predicted octanol–water partition coefficient (Wildman–Crippen LogP) is 1.66. The number of rotatable bonds is 6. The number of ether oxygens (including phenoxy) is 2. The Labute approximate surface area is 112 Å². The van der Waals surface area contributed by atoms with Gasteiger partial charge in [0.05, 0.1) is 12.8 Å². The van der Waals surface area contributed by atoms with Crippen LogP contribution >= 0.6 is 0 Å². The summed E-state index contributed by atoms with van der Waals surface area (Å²) in [6.07, 6.45) is 6.03. The van der Waals surface area contributed by atoms with Crippen LogP contribution in [0.25, 0.3) is 0 Å². The van der Waals surface area contributed by atoms with E-state index in [4.69, 9.17) is 15.2 Å². The lowest BCUT2D eigenvalue weighted by Gasteiger charge is -2.20. The van der Waals surface area contributed by atoms with Gasteiger partial charge >= 0.3 is 0 Å². The number of allylic oxidation sites excluding steroid dienone is 1. The van der Waals surface area contributed by atoms with E-state index in [9.17, 15) is 4.79 Å². The lowest BCUT2D eigenvalue weighted by molar-refractivity contribution is -0.119. The van der Waals surface area contributed by atoms with E-state index in [0.717, 1.165) is 25.1 Å². The van der Waals surface area contributed by atoms with Gasteiger partial charge in [-0.05, 0) is 31.1 Å². The normalized spacial score (nSPS) is 17.6. The van der Waals surface area contributed by atoms with Crippen molar-refractivity contribution in [2.75, 3.05) is 18.5 Å². The number of anilines is 1. The lowest BCUT2D eigenvalue weighted by atomic mass is 10.1. The van der Waals surface area contributed by atoms with E-state index in [1.165, 1.54) is 0 Å². The highest BCUT2D eigenvalue weighted by Gasteiger charge is 2.10. The standard InChI is InChI=1S/C14H18N2O3/c15-14(17)10-19-12-6-3-4-11(8-12)16-9-13-5-1-2-7-18-13/h2-4,6-8,13,16H,1,5,9-10H2,(H2,15,17). The number of carbonyl (C=O) groups excluding carboxylic acids is 1. The van der Waals surface area contributed by atoms with Crippen molar-refractivity contribution < 1.29 is 14.3 Å². The Morgan fingerprint density at radius 3 is 3.16 bits per heavy atom. The summed E-state index contributed by atoms with van der Waals surface area (Å²) >= 11 is 0. The number of benzene rings is 1. The fourth-order valence-corrected chi connectivity index (χ4v) is 1.82. The number of carbonyl (C=O) groups is 1. The minimum Gasteiger partial charge on any atom is -0.497 e. The fourth-order valence-electron chi connectivity index (χ4n) is 1.82. The molecule has 1 unspecified atom stereocenters. The molecule has 0 saturated carbocycles. The van der Waals surface area contributed by atoms with E-state index in [1.54, 1.807) is 12.3 Å². The molecule has 1 heterocycles. The molecule has 5 heteroatoms. The molecule has 0 bridgehead atoms. The summed E-state index contributed by atoms with van der Waals surface area (Å²) in [5.41, 5.74) is 5.96. The smallest absolute Gasteiger partial charge is 0.255 e. The van der Waals surface area contributed by atoms with Gasteiger partial charge in [0.25, 0.3) is 5.91 Å². The van der Waals surface area contributed by atoms with Crippen LogP contribution < -0.4 is 15.8 Å². The van der Waals surface area contributed by atoms with Gasteiger partial charge in [-0.1, -0.05) is 6.07 Å². The van der Waals surface area contributed by atoms with Crippen LogP contribution in [-0.2, 0) is 9.53 Å². The maximum Gasteiger partial charge on any atom is 0.255 e. The van der Waals surface area contributed by atoms with Crippen LogP contribution in [0.15, 0.2) is 36.6 Å². The average molecular weight is 262 g/mol. The molecular formula is C14H18N2O3. The second-order valence-corrected chi connectivity index (χ2v) is 4.37. The molecule has 0 saturated heterocycles. The quantitative estimate of drug-likeness (QED) is 0.817. The third-order valence-electron chi connectivity index (χ3n) is 2.77. The molecule has 1 aliphatic rings. The van der Waals surface area contributed by atoms with Gasteiger partial charge in [-0.3, -0.25) is 4.79 Å². The van der Waals surface area contributed by atoms with Gasteiger partial charge < -0.3 is 20.5 Å². The number of primary amides is 1. The van der Waals surface area contributed by atoms with Gasteiger partial charge in [-0.2, -0.15) is 0 Å². The number of amides is 1. The van der Waals surface area contributed by atoms with Crippen LogP contribution in [0.3, 0.4) is 0 Å². The molecule has 1 atom stereocenters. The Morgan fingerprint density at radius 2 is 2.42 bits per heavy atom. The molecular weight excluding hydrogens is 244 g/mol. The van der Waals surface area contributed by atoms with Gasteiger partial charge in [-0.15, -0.1) is 0 Å². The molecule has 1 aromatic carbocycles. The summed E-state index contributed by atoms with van der Waals surface area (Å²) in [5.74, 6) is 0.133. The van der Waals surface area contributed by atoms with Crippen LogP contribution in [-0.4, -0.2) is 25.2 Å². The molecule has 1 aromatic rings. The van der Waals surface area contributed by atoms with Crippen LogP contribution in [0.4, 0.5) is 5.69 Å². The summed E-state index contributed by atoms with van der Waals surface area (Å²) in [7, 11) is 0. The Kier molecular flexibility index (Phi) is 4.66.